The minimum Gasteiger partial charge on any atom is -0.127 e. The molecular formula is C14H20Cl2. The van der Waals surface area contributed by atoms with E-state index in [1.54, 1.807) is 0 Å². The lowest BCUT2D eigenvalue weighted by molar-refractivity contribution is 0.785. The van der Waals surface area contributed by atoms with Gasteiger partial charge in [-0.3, -0.25) is 0 Å². The van der Waals surface area contributed by atoms with Crippen molar-refractivity contribution in [3.8, 4) is 0 Å². The van der Waals surface area contributed by atoms with E-state index in [1.807, 2.05) is 0 Å². The van der Waals surface area contributed by atoms with Gasteiger partial charge in [-0.2, -0.15) is 0 Å². The van der Waals surface area contributed by atoms with E-state index in [-0.39, 0.29) is 0 Å². The molecule has 0 nitrogen and oxygen atoms in total. The molecule has 2 heteroatoms. The highest BCUT2D eigenvalue weighted by molar-refractivity contribution is 6.18. The van der Waals surface area contributed by atoms with Crippen LogP contribution in [0.3, 0.4) is 0 Å². The number of alkyl halides is 2. The predicted molar refractivity (Wildman–Crippen MR) is 73.8 cm³/mol. The molecule has 0 aliphatic rings. The highest BCUT2D eigenvalue weighted by Gasteiger charge is 1.97. The second kappa shape index (κ2) is 8.90. The molecule has 0 heterocycles. The van der Waals surface area contributed by atoms with Crippen molar-refractivity contribution in [1.29, 1.82) is 0 Å². The van der Waals surface area contributed by atoms with Gasteiger partial charge in [0.05, 0.1) is 0 Å². The van der Waals surface area contributed by atoms with Crippen LogP contribution in [0.15, 0.2) is 24.3 Å². The zero-order valence-corrected chi connectivity index (χ0v) is 11.2. The van der Waals surface area contributed by atoms with Gasteiger partial charge in [0.1, 0.15) is 0 Å². The molecule has 90 valence electrons. The molecule has 1 aromatic carbocycles. The van der Waals surface area contributed by atoms with Crippen LogP contribution in [0.1, 0.15) is 36.8 Å². The Morgan fingerprint density at radius 3 is 1.69 bits per heavy atom. The van der Waals surface area contributed by atoms with Gasteiger partial charge in [-0.25, -0.2) is 0 Å². The first-order chi connectivity index (χ1) is 7.86. The van der Waals surface area contributed by atoms with Crippen LogP contribution in [0, 0.1) is 0 Å². The minimum absolute atomic E-state index is 0.773. The average Bonchev–Trinajstić information content (AvgIpc) is 2.30. The zero-order valence-electron chi connectivity index (χ0n) is 9.72. The molecule has 0 aromatic heterocycles. The van der Waals surface area contributed by atoms with Crippen LogP contribution in [0.4, 0.5) is 0 Å². The van der Waals surface area contributed by atoms with Crippen molar-refractivity contribution in [2.45, 2.75) is 38.5 Å². The summed E-state index contributed by atoms with van der Waals surface area (Å²) >= 11 is 11.3. The molecule has 0 saturated heterocycles. The van der Waals surface area contributed by atoms with E-state index in [0.29, 0.717) is 0 Å². The Morgan fingerprint density at radius 2 is 1.25 bits per heavy atom. The molecule has 1 aromatic rings. The molecule has 0 bridgehead atoms. The standard InChI is InChI=1S/C14H20Cl2/c15-10-3-1-6-13-8-5-9-14(12-13)7-2-4-11-16/h5,8-9,12H,1-4,6-7,10-11H2. The van der Waals surface area contributed by atoms with E-state index in [2.05, 4.69) is 24.3 Å². The Labute approximate surface area is 109 Å². The lowest BCUT2D eigenvalue weighted by Gasteiger charge is -2.04. The second-order valence-corrected chi connectivity index (χ2v) is 4.87. The molecular weight excluding hydrogens is 239 g/mol. The van der Waals surface area contributed by atoms with Crippen LogP contribution >= 0.6 is 23.2 Å². The Bertz CT molecular complexity index is 259. The second-order valence-electron chi connectivity index (χ2n) is 4.11. The van der Waals surface area contributed by atoms with Crippen molar-refractivity contribution in [2.24, 2.45) is 0 Å². The van der Waals surface area contributed by atoms with Crippen LogP contribution in [-0.2, 0) is 12.8 Å². The number of halogens is 2. The molecule has 0 unspecified atom stereocenters. The molecule has 0 aliphatic heterocycles. The molecule has 16 heavy (non-hydrogen) atoms. The summed E-state index contributed by atoms with van der Waals surface area (Å²) in [5.74, 6) is 1.55. The fourth-order valence-electron chi connectivity index (χ4n) is 1.79. The summed E-state index contributed by atoms with van der Waals surface area (Å²) in [6, 6.07) is 8.90. The van der Waals surface area contributed by atoms with Crippen LogP contribution < -0.4 is 0 Å². The first-order valence-corrected chi connectivity index (χ1v) is 7.13. The van der Waals surface area contributed by atoms with Gasteiger partial charge in [-0.05, 0) is 49.7 Å². The van der Waals surface area contributed by atoms with E-state index < -0.39 is 0 Å². The molecule has 0 amide bonds. The van der Waals surface area contributed by atoms with Gasteiger partial charge < -0.3 is 0 Å². The highest BCUT2D eigenvalue weighted by Crippen LogP contribution is 2.11. The summed E-state index contributed by atoms with van der Waals surface area (Å²) in [5, 5.41) is 0. The van der Waals surface area contributed by atoms with Crippen molar-refractivity contribution >= 4 is 23.2 Å². The Morgan fingerprint density at radius 1 is 0.750 bits per heavy atom. The Kier molecular flexibility index (Phi) is 7.71. The molecule has 0 spiro atoms. The summed E-state index contributed by atoms with van der Waals surface area (Å²) in [6.45, 7) is 0. The van der Waals surface area contributed by atoms with Crippen molar-refractivity contribution in [2.75, 3.05) is 11.8 Å². The molecule has 0 saturated carbocycles. The van der Waals surface area contributed by atoms with E-state index in [9.17, 15) is 0 Å². The Hall–Kier alpha value is -0.200. The van der Waals surface area contributed by atoms with Crippen molar-refractivity contribution in [1.82, 2.24) is 0 Å². The van der Waals surface area contributed by atoms with Crippen molar-refractivity contribution < 1.29 is 0 Å². The van der Waals surface area contributed by atoms with Crippen LogP contribution in [0.25, 0.3) is 0 Å². The van der Waals surface area contributed by atoms with E-state index in [1.165, 1.54) is 24.0 Å². The fraction of sp³-hybridized carbons (Fsp3) is 0.571. The number of benzene rings is 1. The van der Waals surface area contributed by atoms with Gasteiger partial charge in [-0.1, -0.05) is 24.3 Å². The maximum atomic E-state index is 5.67. The monoisotopic (exact) mass is 258 g/mol. The molecule has 1 rings (SSSR count). The number of unbranched alkanes of at least 4 members (excludes halogenated alkanes) is 2. The van der Waals surface area contributed by atoms with Crippen molar-refractivity contribution in [3.05, 3.63) is 35.4 Å². The minimum atomic E-state index is 0.773. The van der Waals surface area contributed by atoms with Crippen molar-refractivity contribution in [3.63, 3.8) is 0 Å². The summed E-state index contributed by atoms with van der Waals surface area (Å²) in [7, 11) is 0. The van der Waals surface area contributed by atoms with Gasteiger partial charge in [0.15, 0.2) is 0 Å². The first-order valence-electron chi connectivity index (χ1n) is 6.06. The lowest BCUT2D eigenvalue weighted by atomic mass is 10.0. The van der Waals surface area contributed by atoms with Gasteiger partial charge >= 0.3 is 0 Å². The lowest BCUT2D eigenvalue weighted by Crippen LogP contribution is -1.91. The zero-order chi connectivity index (χ0) is 11.6. The number of hydrogen-bond acceptors (Lipinski definition) is 0. The SMILES string of the molecule is ClCCCCc1cccc(CCCCCl)c1. The van der Waals surface area contributed by atoms with E-state index >= 15 is 0 Å². The van der Waals surface area contributed by atoms with Crippen LogP contribution in [0.5, 0.6) is 0 Å². The molecule has 0 aliphatic carbocycles. The van der Waals surface area contributed by atoms with Crippen LogP contribution in [-0.4, -0.2) is 11.8 Å². The summed E-state index contributed by atoms with van der Waals surface area (Å²) in [5.41, 5.74) is 2.88. The van der Waals surface area contributed by atoms with E-state index in [0.717, 1.165) is 37.4 Å². The van der Waals surface area contributed by atoms with Gasteiger partial charge in [0.2, 0.25) is 0 Å². The highest BCUT2D eigenvalue weighted by atomic mass is 35.5. The molecule has 0 atom stereocenters. The summed E-state index contributed by atoms with van der Waals surface area (Å²) < 4.78 is 0. The maximum Gasteiger partial charge on any atom is 0.0223 e. The van der Waals surface area contributed by atoms with E-state index in [4.69, 9.17) is 23.2 Å². The molecule has 0 fully saturated rings. The number of rotatable bonds is 8. The smallest absolute Gasteiger partial charge is 0.0223 e. The maximum absolute atomic E-state index is 5.67. The topological polar surface area (TPSA) is 0 Å². The normalized spacial score (nSPS) is 10.6. The van der Waals surface area contributed by atoms with Crippen LogP contribution in [0.2, 0.25) is 0 Å². The summed E-state index contributed by atoms with van der Waals surface area (Å²) in [6.07, 6.45) is 6.89. The quantitative estimate of drug-likeness (QED) is 0.464. The fourth-order valence-corrected chi connectivity index (χ4v) is 2.17. The third kappa shape index (κ3) is 5.77. The first kappa shape index (κ1) is 13.9. The number of hydrogen-bond donors (Lipinski definition) is 0. The molecule has 0 N–H and O–H groups in total. The third-order valence-corrected chi connectivity index (χ3v) is 3.22. The Balaban J connectivity index is 2.37. The van der Waals surface area contributed by atoms with Gasteiger partial charge in [0.25, 0.3) is 0 Å². The predicted octanol–water partition coefficient (Wildman–Crippen LogP) is 4.81. The average molecular weight is 259 g/mol. The summed E-state index contributed by atoms with van der Waals surface area (Å²) in [4.78, 5) is 0. The largest absolute Gasteiger partial charge is 0.127 e. The van der Waals surface area contributed by atoms with Gasteiger partial charge in [0, 0.05) is 11.8 Å². The number of aryl methyl sites for hydroxylation is 2. The third-order valence-electron chi connectivity index (χ3n) is 2.69. The van der Waals surface area contributed by atoms with Gasteiger partial charge in [-0.15, -0.1) is 23.2 Å². The molecule has 0 radical (unpaired) electrons.